The van der Waals surface area contributed by atoms with Crippen molar-refractivity contribution in [1.82, 2.24) is 10.2 Å². The minimum absolute atomic E-state index is 0.156. The van der Waals surface area contributed by atoms with Gasteiger partial charge in [-0.25, -0.2) is 9.59 Å². The van der Waals surface area contributed by atoms with Gasteiger partial charge in [0.2, 0.25) is 0 Å². The van der Waals surface area contributed by atoms with Gasteiger partial charge < -0.3 is 20.4 Å². The molecule has 0 saturated heterocycles. The molecule has 20 heavy (non-hydrogen) atoms. The van der Waals surface area contributed by atoms with Crippen molar-refractivity contribution >= 4 is 12.0 Å². The molecular formula is C14H20N2O4. The number of nitrogens with zero attached hydrogens (tertiary/aromatic N) is 1. The van der Waals surface area contributed by atoms with Crippen LogP contribution in [0.3, 0.4) is 0 Å². The first kappa shape index (κ1) is 16.0. The molecule has 1 atom stereocenters. The molecule has 0 spiro atoms. The molecule has 6 nitrogen and oxygen atoms in total. The van der Waals surface area contributed by atoms with Crippen LogP contribution in [0, 0.1) is 0 Å². The maximum absolute atomic E-state index is 12.1. The summed E-state index contributed by atoms with van der Waals surface area (Å²) in [6.45, 7) is 2.40. The lowest BCUT2D eigenvalue weighted by Crippen LogP contribution is -2.45. The molecule has 3 N–H and O–H groups in total. The van der Waals surface area contributed by atoms with E-state index in [4.69, 9.17) is 5.11 Å². The van der Waals surface area contributed by atoms with Gasteiger partial charge in [0, 0.05) is 13.1 Å². The summed E-state index contributed by atoms with van der Waals surface area (Å²) in [5, 5.41) is 20.6. The average Bonchev–Trinajstić information content (AvgIpc) is 2.45. The van der Waals surface area contributed by atoms with Crippen LogP contribution in [0.25, 0.3) is 0 Å². The second kappa shape index (κ2) is 8.16. The van der Waals surface area contributed by atoms with Gasteiger partial charge in [-0.15, -0.1) is 0 Å². The summed E-state index contributed by atoms with van der Waals surface area (Å²) in [6.07, 6.45) is 0.733. The zero-order valence-electron chi connectivity index (χ0n) is 11.5. The van der Waals surface area contributed by atoms with Crippen molar-refractivity contribution in [2.45, 2.75) is 19.4 Å². The molecule has 0 aliphatic carbocycles. The molecule has 0 saturated carbocycles. The molecule has 0 aliphatic heterocycles. The van der Waals surface area contributed by atoms with Crippen LogP contribution in [0.2, 0.25) is 0 Å². The Bertz CT molecular complexity index is 430. The van der Waals surface area contributed by atoms with Crippen LogP contribution in [-0.4, -0.2) is 46.8 Å². The van der Waals surface area contributed by atoms with E-state index in [1.54, 1.807) is 30.3 Å². The molecule has 2 amide bonds. The normalized spacial score (nSPS) is 11.7. The van der Waals surface area contributed by atoms with E-state index < -0.39 is 18.0 Å². The molecule has 0 fully saturated rings. The second-order valence-electron chi connectivity index (χ2n) is 4.34. The zero-order chi connectivity index (χ0) is 15.0. The summed E-state index contributed by atoms with van der Waals surface area (Å²) >= 11 is 0. The summed E-state index contributed by atoms with van der Waals surface area (Å²) in [7, 11) is 0. The predicted octanol–water partition coefficient (Wildman–Crippen LogP) is 1.23. The third kappa shape index (κ3) is 4.55. The van der Waals surface area contributed by atoms with Gasteiger partial charge in [0.15, 0.2) is 6.04 Å². The Labute approximate surface area is 118 Å². The lowest BCUT2D eigenvalue weighted by Gasteiger charge is -2.24. The van der Waals surface area contributed by atoms with Gasteiger partial charge in [-0.05, 0) is 12.0 Å². The number of amides is 2. The van der Waals surface area contributed by atoms with E-state index in [2.05, 4.69) is 5.32 Å². The van der Waals surface area contributed by atoms with Gasteiger partial charge in [0.1, 0.15) is 0 Å². The van der Waals surface area contributed by atoms with E-state index in [0.29, 0.717) is 12.1 Å². The number of aliphatic carboxylic acids is 1. The van der Waals surface area contributed by atoms with Crippen LogP contribution in [0.15, 0.2) is 30.3 Å². The summed E-state index contributed by atoms with van der Waals surface area (Å²) in [4.78, 5) is 24.7. The Kier molecular flexibility index (Phi) is 6.52. The standard InChI is InChI=1S/C14H20N2O4/c1-2-8-16(9-10-17)14(20)15-12(13(18)19)11-6-4-3-5-7-11/h3-7,12,17H,2,8-10H2,1H3,(H,15,20)(H,18,19)/t12-/m1/s1. The number of nitrogens with one attached hydrogen (secondary N) is 1. The Morgan fingerprint density at radius 3 is 2.40 bits per heavy atom. The minimum atomic E-state index is -1.12. The predicted molar refractivity (Wildman–Crippen MR) is 74.3 cm³/mol. The Hall–Kier alpha value is -2.08. The summed E-state index contributed by atoms with van der Waals surface area (Å²) in [5.41, 5.74) is 0.508. The van der Waals surface area contributed by atoms with Crippen molar-refractivity contribution in [2.75, 3.05) is 19.7 Å². The van der Waals surface area contributed by atoms with Crippen molar-refractivity contribution in [2.24, 2.45) is 0 Å². The number of carboxylic acids is 1. The fourth-order valence-corrected chi connectivity index (χ4v) is 1.85. The van der Waals surface area contributed by atoms with Crippen molar-refractivity contribution in [3.8, 4) is 0 Å². The molecule has 0 aromatic heterocycles. The first-order valence-electron chi connectivity index (χ1n) is 6.54. The largest absolute Gasteiger partial charge is 0.479 e. The molecule has 110 valence electrons. The van der Waals surface area contributed by atoms with E-state index in [0.717, 1.165) is 6.42 Å². The molecule has 6 heteroatoms. The maximum Gasteiger partial charge on any atom is 0.330 e. The fourth-order valence-electron chi connectivity index (χ4n) is 1.85. The van der Waals surface area contributed by atoms with Gasteiger partial charge in [-0.2, -0.15) is 0 Å². The topological polar surface area (TPSA) is 89.9 Å². The van der Waals surface area contributed by atoms with Crippen molar-refractivity contribution in [3.05, 3.63) is 35.9 Å². The summed E-state index contributed by atoms with van der Waals surface area (Å²) in [5.74, 6) is -1.12. The summed E-state index contributed by atoms with van der Waals surface area (Å²) in [6, 6.07) is 6.92. The molecule has 0 unspecified atom stereocenters. The number of carbonyl (C=O) groups excluding carboxylic acids is 1. The number of carbonyl (C=O) groups is 2. The van der Waals surface area contributed by atoms with Crippen LogP contribution in [0.1, 0.15) is 24.9 Å². The Morgan fingerprint density at radius 2 is 1.90 bits per heavy atom. The van der Waals surface area contributed by atoms with Crippen LogP contribution in [-0.2, 0) is 4.79 Å². The molecule has 1 aromatic carbocycles. The van der Waals surface area contributed by atoms with Crippen LogP contribution in [0.5, 0.6) is 0 Å². The van der Waals surface area contributed by atoms with Crippen molar-refractivity contribution < 1.29 is 19.8 Å². The molecule has 0 heterocycles. The lowest BCUT2D eigenvalue weighted by atomic mass is 10.1. The summed E-state index contributed by atoms with van der Waals surface area (Å²) < 4.78 is 0. The smallest absolute Gasteiger partial charge is 0.330 e. The first-order chi connectivity index (χ1) is 9.60. The number of rotatable bonds is 7. The van der Waals surface area contributed by atoms with E-state index >= 15 is 0 Å². The SMILES string of the molecule is CCCN(CCO)C(=O)N[C@@H](C(=O)O)c1ccccc1. The van der Waals surface area contributed by atoms with Crippen LogP contribution < -0.4 is 5.32 Å². The van der Waals surface area contributed by atoms with Gasteiger partial charge >= 0.3 is 12.0 Å². The maximum atomic E-state index is 12.1. The van der Waals surface area contributed by atoms with E-state index in [1.165, 1.54) is 4.90 Å². The highest BCUT2D eigenvalue weighted by Gasteiger charge is 2.24. The van der Waals surface area contributed by atoms with Gasteiger partial charge in [0.25, 0.3) is 0 Å². The number of carboxylic acid groups (broad SMARTS) is 1. The third-order valence-corrected chi connectivity index (χ3v) is 2.80. The number of aliphatic hydroxyl groups is 1. The highest BCUT2D eigenvalue weighted by Crippen LogP contribution is 2.13. The number of hydrogen-bond donors (Lipinski definition) is 3. The first-order valence-corrected chi connectivity index (χ1v) is 6.54. The molecule has 0 aliphatic rings. The third-order valence-electron chi connectivity index (χ3n) is 2.80. The fraction of sp³-hybridized carbons (Fsp3) is 0.429. The molecule has 0 bridgehead atoms. The highest BCUT2D eigenvalue weighted by atomic mass is 16.4. The van der Waals surface area contributed by atoms with Crippen LogP contribution >= 0.6 is 0 Å². The van der Waals surface area contributed by atoms with Crippen molar-refractivity contribution in [1.29, 1.82) is 0 Å². The average molecular weight is 280 g/mol. The Balaban J connectivity index is 2.80. The monoisotopic (exact) mass is 280 g/mol. The van der Waals surface area contributed by atoms with Gasteiger partial charge in [-0.3, -0.25) is 0 Å². The Morgan fingerprint density at radius 1 is 1.25 bits per heavy atom. The molecular weight excluding hydrogens is 260 g/mol. The van der Waals surface area contributed by atoms with E-state index in [-0.39, 0.29) is 13.2 Å². The minimum Gasteiger partial charge on any atom is -0.479 e. The van der Waals surface area contributed by atoms with E-state index in [1.807, 2.05) is 6.92 Å². The van der Waals surface area contributed by atoms with E-state index in [9.17, 15) is 14.7 Å². The molecule has 1 aromatic rings. The molecule has 0 radical (unpaired) electrons. The van der Waals surface area contributed by atoms with Crippen LogP contribution in [0.4, 0.5) is 4.79 Å². The molecule has 1 rings (SSSR count). The quantitative estimate of drug-likeness (QED) is 0.700. The second-order valence-corrected chi connectivity index (χ2v) is 4.34. The number of aliphatic hydroxyl groups excluding tert-OH is 1. The highest BCUT2D eigenvalue weighted by molar-refractivity contribution is 5.83. The lowest BCUT2D eigenvalue weighted by molar-refractivity contribution is -0.139. The van der Waals surface area contributed by atoms with Gasteiger partial charge in [0.05, 0.1) is 6.61 Å². The van der Waals surface area contributed by atoms with Gasteiger partial charge in [-0.1, -0.05) is 37.3 Å². The number of hydrogen-bond acceptors (Lipinski definition) is 3. The van der Waals surface area contributed by atoms with Crippen molar-refractivity contribution in [3.63, 3.8) is 0 Å². The number of urea groups is 1. The zero-order valence-corrected chi connectivity index (χ0v) is 11.5. The number of benzene rings is 1.